The second-order valence-corrected chi connectivity index (χ2v) is 7.59. The molecular formula is C20H23Cl2N3O. The van der Waals surface area contributed by atoms with Gasteiger partial charge in [-0.15, -0.1) is 0 Å². The van der Waals surface area contributed by atoms with Crippen LogP contribution in [0.15, 0.2) is 42.5 Å². The zero-order valence-corrected chi connectivity index (χ0v) is 16.3. The van der Waals surface area contributed by atoms with Crippen LogP contribution in [0.25, 0.3) is 0 Å². The highest BCUT2D eigenvalue weighted by Gasteiger charge is 2.15. The quantitative estimate of drug-likeness (QED) is 0.728. The number of nitrogens with zero attached hydrogens (tertiary/aromatic N) is 1. The molecule has 2 aromatic carbocycles. The molecular weight excluding hydrogens is 369 g/mol. The number of piperidine rings is 1. The number of amides is 1. The van der Waals surface area contributed by atoms with Gasteiger partial charge in [0.1, 0.15) is 0 Å². The van der Waals surface area contributed by atoms with Crippen LogP contribution in [-0.4, -0.2) is 25.5 Å². The second kappa shape index (κ2) is 8.65. The summed E-state index contributed by atoms with van der Waals surface area (Å²) >= 11 is 12.0. The van der Waals surface area contributed by atoms with E-state index in [1.54, 1.807) is 18.2 Å². The molecule has 0 aliphatic carbocycles. The number of rotatable bonds is 5. The van der Waals surface area contributed by atoms with Crippen molar-refractivity contribution in [2.75, 3.05) is 35.2 Å². The highest BCUT2D eigenvalue weighted by atomic mass is 35.5. The molecule has 1 aliphatic heterocycles. The molecule has 26 heavy (non-hydrogen) atoms. The molecule has 2 N–H and O–H groups in total. The van der Waals surface area contributed by atoms with Crippen LogP contribution in [0.1, 0.15) is 19.8 Å². The maximum atomic E-state index is 12.1. The van der Waals surface area contributed by atoms with Crippen LogP contribution >= 0.6 is 23.2 Å². The molecule has 0 spiro atoms. The minimum Gasteiger partial charge on any atom is -0.375 e. The number of carbonyl (C=O) groups is 1. The molecule has 0 saturated carbocycles. The van der Waals surface area contributed by atoms with Gasteiger partial charge in [0.15, 0.2) is 0 Å². The fraction of sp³-hybridized carbons (Fsp3) is 0.350. The fourth-order valence-electron chi connectivity index (χ4n) is 3.04. The Hall–Kier alpha value is -1.91. The molecule has 0 radical (unpaired) electrons. The van der Waals surface area contributed by atoms with E-state index in [4.69, 9.17) is 23.2 Å². The Kier molecular flexibility index (Phi) is 6.28. The highest BCUT2D eigenvalue weighted by Crippen LogP contribution is 2.26. The summed E-state index contributed by atoms with van der Waals surface area (Å²) < 4.78 is 0. The lowest BCUT2D eigenvalue weighted by Crippen LogP contribution is -2.32. The van der Waals surface area contributed by atoms with Crippen LogP contribution in [-0.2, 0) is 4.79 Å². The van der Waals surface area contributed by atoms with E-state index >= 15 is 0 Å². The zero-order valence-electron chi connectivity index (χ0n) is 14.8. The van der Waals surface area contributed by atoms with E-state index in [1.807, 2.05) is 12.1 Å². The molecule has 6 heteroatoms. The van der Waals surface area contributed by atoms with Crippen LogP contribution in [0.5, 0.6) is 0 Å². The van der Waals surface area contributed by atoms with Gasteiger partial charge in [-0.3, -0.25) is 4.79 Å². The second-order valence-electron chi connectivity index (χ2n) is 6.74. The third kappa shape index (κ3) is 5.05. The van der Waals surface area contributed by atoms with E-state index in [0.717, 1.165) is 24.7 Å². The van der Waals surface area contributed by atoms with Crippen molar-refractivity contribution in [3.05, 3.63) is 52.5 Å². The first kappa shape index (κ1) is 18.9. The van der Waals surface area contributed by atoms with E-state index in [1.165, 1.54) is 18.5 Å². The minimum absolute atomic E-state index is 0.129. The number of hydrogen-bond acceptors (Lipinski definition) is 3. The van der Waals surface area contributed by atoms with E-state index in [2.05, 4.69) is 34.6 Å². The van der Waals surface area contributed by atoms with Crippen LogP contribution in [0, 0.1) is 5.92 Å². The van der Waals surface area contributed by atoms with Crippen molar-refractivity contribution in [2.45, 2.75) is 19.8 Å². The Morgan fingerprint density at radius 1 is 1.12 bits per heavy atom. The van der Waals surface area contributed by atoms with Crippen molar-refractivity contribution < 1.29 is 4.79 Å². The van der Waals surface area contributed by atoms with Gasteiger partial charge in [-0.25, -0.2) is 0 Å². The lowest BCUT2D eigenvalue weighted by Gasteiger charge is -2.32. The third-order valence-corrected chi connectivity index (χ3v) is 5.22. The maximum absolute atomic E-state index is 12.1. The molecule has 1 aliphatic rings. The molecule has 1 amide bonds. The molecule has 138 valence electrons. The monoisotopic (exact) mass is 391 g/mol. The van der Waals surface area contributed by atoms with Gasteiger partial charge in [0.05, 0.1) is 17.3 Å². The summed E-state index contributed by atoms with van der Waals surface area (Å²) in [4.78, 5) is 14.5. The zero-order chi connectivity index (χ0) is 18.5. The Morgan fingerprint density at radius 2 is 1.81 bits per heavy atom. The van der Waals surface area contributed by atoms with Crippen LogP contribution in [0.2, 0.25) is 10.0 Å². The summed E-state index contributed by atoms with van der Waals surface area (Å²) in [6, 6.07) is 13.1. The average molecular weight is 392 g/mol. The van der Waals surface area contributed by atoms with E-state index in [-0.39, 0.29) is 12.5 Å². The minimum atomic E-state index is -0.129. The van der Waals surface area contributed by atoms with Gasteiger partial charge in [0.2, 0.25) is 5.91 Å². The fourth-order valence-corrected chi connectivity index (χ4v) is 3.51. The first-order chi connectivity index (χ1) is 12.5. The molecule has 4 nitrogen and oxygen atoms in total. The predicted molar refractivity (Wildman–Crippen MR) is 111 cm³/mol. The number of carbonyl (C=O) groups excluding carboxylic acids is 1. The summed E-state index contributed by atoms with van der Waals surface area (Å²) in [7, 11) is 0. The standard InChI is InChI=1S/C20H23Cl2N3O/c1-14-8-10-25(11-9-14)17-5-3-16(4-6-17)24-20(26)13-23-19-7-2-15(21)12-18(19)22/h2-7,12,14,23H,8-11,13H2,1H3,(H,24,26). The van der Waals surface area contributed by atoms with E-state index in [9.17, 15) is 4.79 Å². The normalized spacial score (nSPS) is 15.0. The van der Waals surface area contributed by atoms with Crippen molar-refractivity contribution in [1.29, 1.82) is 0 Å². The maximum Gasteiger partial charge on any atom is 0.243 e. The lowest BCUT2D eigenvalue weighted by atomic mass is 9.99. The number of hydrogen-bond donors (Lipinski definition) is 2. The summed E-state index contributed by atoms with van der Waals surface area (Å²) in [5.41, 5.74) is 2.68. The van der Waals surface area contributed by atoms with Gasteiger partial charge >= 0.3 is 0 Å². The van der Waals surface area contributed by atoms with Crippen molar-refractivity contribution in [3.63, 3.8) is 0 Å². The molecule has 1 heterocycles. The first-order valence-corrected chi connectivity index (χ1v) is 9.60. The Morgan fingerprint density at radius 3 is 2.46 bits per heavy atom. The SMILES string of the molecule is CC1CCN(c2ccc(NC(=O)CNc3ccc(Cl)cc3Cl)cc2)CC1. The first-order valence-electron chi connectivity index (χ1n) is 8.85. The number of nitrogens with one attached hydrogen (secondary N) is 2. The molecule has 0 atom stereocenters. The highest BCUT2D eigenvalue weighted by molar-refractivity contribution is 6.36. The van der Waals surface area contributed by atoms with Crippen LogP contribution < -0.4 is 15.5 Å². The average Bonchev–Trinajstić information content (AvgIpc) is 2.62. The van der Waals surface area contributed by atoms with E-state index in [0.29, 0.717) is 15.7 Å². The largest absolute Gasteiger partial charge is 0.375 e. The van der Waals surface area contributed by atoms with Crippen LogP contribution in [0.4, 0.5) is 17.1 Å². The number of benzene rings is 2. The van der Waals surface area contributed by atoms with Gasteiger partial charge in [-0.1, -0.05) is 30.1 Å². The van der Waals surface area contributed by atoms with E-state index < -0.39 is 0 Å². The molecule has 0 aromatic heterocycles. The van der Waals surface area contributed by atoms with Gasteiger partial charge in [-0.05, 0) is 61.2 Å². The Bertz CT molecular complexity index is 756. The topological polar surface area (TPSA) is 44.4 Å². The Labute approximate surface area is 164 Å². The van der Waals surface area contributed by atoms with Crippen LogP contribution in [0.3, 0.4) is 0 Å². The molecule has 1 fully saturated rings. The van der Waals surface area contributed by atoms with Gasteiger partial charge in [0, 0.05) is 29.5 Å². The van der Waals surface area contributed by atoms with Gasteiger partial charge in [0.25, 0.3) is 0 Å². The predicted octanol–water partition coefficient (Wildman–Crippen LogP) is 5.28. The van der Waals surface area contributed by atoms with Crippen molar-refractivity contribution in [2.24, 2.45) is 5.92 Å². The number of anilines is 3. The van der Waals surface area contributed by atoms with Crippen molar-refractivity contribution in [1.82, 2.24) is 0 Å². The third-order valence-electron chi connectivity index (χ3n) is 4.67. The lowest BCUT2D eigenvalue weighted by molar-refractivity contribution is -0.114. The Balaban J connectivity index is 1.51. The van der Waals surface area contributed by atoms with Crippen molar-refractivity contribution in [3.8, 4) is 0 Å². The molecule has 0 bridgehead atoms. The summed E-state index contributed by atoms with van der Waals surface area (Å²) in [5.74, 6) is 0.682. The van der Waals surface area contributed by atoms with Gasteiger partial charge in [-0.2, -0.15) is 0 Å². The molecule has 0 unspecified atom stereocenters. The molecule has 3 rings (SSSR count). The summed E-state index contributed by atoms with van der Waals surface area (Å²) in [6.07, 6.45) is 2.47. The summed E-state index contributed by atoms with van der Waals surface area (Å²) in [5, 5.41) is 6.96. The smallest absolute Gasteiger partial charge is 0.243 e. The molecule has 1 saturated heterocycles. The summed E-state index contributed by atoms with van der Waals surface area (Å²) in [6.45, 7) is 4.63. The molecule has 2 aromatic rings. The van der Waals surface area contributed by atoms with Gasteiger partial charge < -0.3 is 15.5 Å². The van der Waals surface area contributed by atoms with Crippen molar-refractivity contribution >= 4 is 46.2 Å². The number of halogens is 2.